The van der Waals surface area contributed by atoms with Crippen LogP contribution >= 0.6 is 23.2 Å². The van der Waals surface area contributed by atoms with Crippen LogP contribution in [0.1, 0.15) is 5.82 Å². The maximum atomic E-state index is 13.5. The highest BCUT2D eigenvalue weighted by molar-refractivity contribution is 6.31. The van der Waals surface area contributed by atoms with E-state index in [-0.39, 0.29) is 11.6 Å². The molecule has 0 fully saturated rings. The van der Waals surface area contributed by atoms with E-state index in [4.69, 9.17) is 27.9 Å². The number of aryl methyl sites for hydroxylation is 1. The fourth-order valence-corrected chi connectivity index (χ4v) is 2.35. The molecule has 0 saturated heterocycles. The van der Waals surface area contributed by atoms with E-state index in [9.17, 15) is 13.2 Å². The summed E-state index contributed by atoms with van der Waals surface area (Å²) in [5.41, 5.74) is 1.08. The number of benzene rings is 1. The van der Waals surface area contributed by atoms with Crippen LogP contribution in [0.3, 0.4) is 0 Å². The molecule has 0 aliphatic carbocycles. The van der Waals surface area contributed by atoms with Crippen molar-refractivity contribution in [3.8, 4) is 0 Å². The third kappa shape index (κ3) is 4.02. The van der Waals surface area contributed by atoms with Gasteiger partial charge in [-0.25, -0.2) is 18.2 Å². The van der Waals surface area contributed by atoms with Crippen molar-refractivity contribution in [1.29, 1.82) is 0 Å². The molecule has 0 aliphatic rings. The lowest BCUT2D eigenvalue weighted by Gasteiger charge is -2.09. The molecular formula is C13H13Cl2F3N2O. The summed E-state index contributed by atoms with van der Waals surface area (Å²) < 4.78 is 44.1. The van der Waals surface area contributed by atoms with Gasteiger partial charge >= 0.3 is 0 Å². The van der Waals surface area contributed by atoms with E-state index in [1.807, 2.05) is 0 Å². The van der Waals surface area contributed by atoms with Gasteiger partial charge in [0.15, 0.2) is 0 Å². The van der Waals surface area contributed by atoms with E-state index in [1.54, 1.807) is 4.57 Å². The zero-order valence-electron chi connectivity index (χ0n) is 11.0. The van der Waals surface area contributed by atoms with E-state index < -0.39 is 18.8 Å². The van der Waals surface area contributed by atoms with Gasteiger partial charge in [-0.05, 0) is 6.07 Å². The molecule has 1 aromatic carbocycles. The number of imidazole rings is 1. The maximum absolute atomic E-state index is 13.5. The standard InChI is InChI=1S/C13H13Cl2F3N2O/c14-2-1-13-19-10-6-9(16)8(15)5-11(10)20(13)3-4-21-7-12(17)18/h5-6,12H,1-4,7H2. The summed E-state index contributed by atoms with van der Waals surface area (Å²) in [7, 11) is 0. The number of halogens is 5. The Balaban J connectivity index is 2.25. The van der Waals surface area contributed by atoms with Gasteiger partial charge in [-0.3, -0.25) is 0 Å². The summed E-state index contributed by atoms with van der Waals surface area (Å²) in [6.07, 6.45) is -2.03. The lowest BCUT2D eigenvalue weighted by molar-refractivity contribution is 0.0148. The number of ether oxygens (including phenoxy) is 1. The number of hydrogen-bond donors (Lipinski definition) is 0. The van der Waals surface area contributed by atoms with Gasteiger partial charge in [0.2, 0.25) is 0 Å². The first-order chi connectivity index (χ1) is 10.0. The van der Waals surface area contributed by atoms with Gasteiger partial charge in [0, 0.05) is 24.9 Å². The quantitative estimate of drug-likeness (QED) is 0.564. The molecule has 0 aliphatic heterocycles. The molecule has 2 rings (SSSR count). The Hall–Kier alpha value is -0.980. The average molecular weight is 341 g/mol. The Labute approximate surface area is 129 Å². The number of hydrogen-bond acceptors (Lipinski definition) is 2. The zero-order valence-corrected chi connectivity index (χ0v) is 12.5. The summed E-state index contributed by atoms with van der Waals surface area (Å²) in [5.74, 6) is 0.430. The minimum Gasteiger partial charge on any atom is -0.374 e. The van der Waals surface area contributed by atoms with Crippen molar-refractivity contribution in [2.75, 3.05) is 19.1 Å². The van der Waals surface area contributed by atoms with Crippen molar-refractivity contribution < 1.29 is 17.9 Å². The molecule has 0 saturated carbocycles. The number of fused-ring (bicyclic) bond motifs is 1. The molecule has 0 bridgehead atoms. The lowest BCUT2D eigenvalue weighted by Crippen LogP contribution is -2.13. The Morgan fingerprint density at radius 3 is 2.76 bits per heavy atom. The SMILES string of the molecule is Fc1cc2nc(CCCl)n(CCOCC(F)F)c2cc1Cl. The van der Waals surface area contributed by atoms with Gasteiger partial charge in [0.1, 0.15) is 18.2 Å². The number of rotatable bonds is 7. The Kier molecular flexibility index (Phi) is 5.72. The van der Waals surface area contributed by atoms with Crippen molar-refractivity contribution in [2.45, 2.75) is 19.4 Å². The van der Waals surface area contributed by atoms with Crippen molar-refractivity contribution in [3.63, 3.8) is 0 Å². The van der Waals surface area contributed by atoms with Crippen LogP contribution in [0.4, 0.5) is 13.2 Å². The van der Waals surface area contributed by atoms with E-state index >= 15 is 0 Å². The van der Waals surface area contributed by atoms with Crippen LogP contribution in [0.2, 0.25) is 5.02 Å². The van der Waals surface area contributed by atoms with Crippen LogP contribution in [0.25, 0.3) is 11.0 Å². The van der Waals surface area contributed by atoms with Gasteiger partial charge in [-0.1, -0.05) is 11.6 Å². The molecule has 0 amide bonds. The summed E-state index contributed by atoms with van der Waals surface area (Å²) in [4.78, 5) is 4.29. The van der Waals surface area contributed by atoms with Gasteiger partial charge in [-0.2, -0.15) is 0 Å². The van der Waals surface area contributed by atoms with E-state index in [0.717, 1.165) is 0 Å². The number of aromatic nitrogens is 2. The van der Waals surface area contributed by atoms with Crippen LogP contribution in [0.5, 0.6) is 0 Å². The molecule has 0 unspecified atom stereocenters. The highest BCUT2D eigenvalue weighted by Gasteiger charge is 2.13. The second-order valence-corrected chi connectivity index (χ2v) is 5.12. The van der Waals surface area contributed by atoms with Crippen molar-refractivity contribution in [3.05, 3.63) is 28.8 Å². The smallest absolute Gasteiger partial charge is 0.261 e. The second kappa shape index (κ2) is 7.33. The minimum atomic E-state index is -2.50. The fourth-order valence-electron chi connectivity index (χ4n) is 2.02. The minimum absolute atomic E-state index is 0.0189. The van der Waals surface area contributed by atoms with Crippen molar-refractivity contribution >= 4 is 34.2 Å². The molecular weight excluding hydrogens is 328 g/mol. The predicted molar refractivity (Wildman–Crippen MR) is 75.9 cm³/mol. The second-order valence-electron chi connectivity index (χ2n) is 4.34. The zero-order chi connectivity index (χ0) is 15.4. The summed E-state index contributed by atoms with van der Waals surface area (Å²) in [6, 6.07) is 2.70. The van der Waals surface area contributed by atoms with Gasteiger partial charge in [0.05, 0.1) is 22.7 Å². The van der Waals surface area contributed by atoms with E-state index in [1.165, 1.54) is 12.1 Å². The lowest BCUT2D eigenvalue weighted by atomic mass is 10.3. The van der Waals surface area contributed by atoms with Gasteiger partial charge in [0.25, 0.3) is 6.43 Å². The summed E-state index contributed by atoms with van der Waals surface area (Å²) >= 11 is 11.5. The van der Waals surface area contributed by atoms with Crippen LogP contribution < -0.4 is 0 Å². The molecule has 8 heteroatoms. The third-order valence-corrected chi connectivity index (χ3v) is 3.37. The van der Waals surface area contributed by atoms with Crippen molar-refractivity contribution in [1.82, 2.24) is 9.55 Å². The average Bonchev–Trinajstić information content (AvgIpc) is 2.73. The van der Waals surface area contributed by atoms with E-state index in [2.05, 4.69) is 4.98 Å². The first-order valence-corrected chi connectivity index (χ1v) is 7.20. The van der Waals surface area contributed by atoms with Crippen LogP contribution in [-0.2, 0) is 17.7 Å². The molecule has 0 atom stereocenters. The summed E-state index contributed by atoms with van der Waals surface area (Å²) in [5, 5.41) is -0.0189. The number of alkyl halides is 3. The summed E-state index contributed by atoms with van der Waals surface area (Å²) in [6.45, 7) is -0.204. The van der Waals surface area contributed by atoms with Crippen LogP contribution in [-0.4, -0.2) is 35.1 Å². The highest BCUT2D eigenvalue weighted by Crippen LogP contribution is 2.24. The molecule has 1 heterocycles. The molecule has 3 nitrogen and oxygen atoms in total. The molecule has 21 heavy (non-hydrogen) atoms. The van der Waals surface area contributed by atoms with Gasteiger partial charge < -0.3 is 9.30 Å². The largest absolute Gasteiger partial charge is 0.374 e. The Morgan fingerprint density at radius 1 is 1.33 bits per heavy atom. The predicted octanol–water partition coefficient (Wildman–Crippen LogP) is 3.89. The monoisotopic (exact) mass is 340 g/mol. The topological polar surface area (TPSA) is 27.1 Å². The fraction of sp³-hybridized carbons (Fsp3) is 0.462. The highest BCUT2D eigenvalue weighted by atomic mass is 35.5. The first kappa shape index (κ1) is 16.4. The molecule has 0 N–H and O–H groups in total. The Bertz CT molecular complexity index is 619. The normalized spacial score (nSPS) is 11.7. The maximum Gasteiger partial charge on any atom is 0.261 e. The third-order valence-electron chi connectivity index (χ3n) is 2.89. The Morgan fingerprint density at radius 2 is 2.10 bits per heavy atom. The molecule has 0 radical (unpaired) electrons. The number of nitrogens with zero attached hydrogens (tertiary/aromatic N) is 2. The molecule has 2 aromatic rings. The molecule has 116 valence electrons. The molecule has 0 spiro atoms. The van der Waals surface area contributed by atoms with Crippen LogP contribution in [0.15, 0.2) is 12.1 Å². The van der Waals surface area contributed by atoms with Crippen molar-refractivity contribution in [2.24, 2.45) is 0 Å². The molecule has 1 aromatic heterocycles. The first-order valence-electron chi connectivity index (χ1n) is 6.29. The van der Waals surface area contributed by atoms with E-state index in [0.29, 0.717) is 35.7 Å². The van der Waals surface area contributed by atoms with Crippen LogP contribution in [0, 0.1) is 5.82 Å². The van der Waals surface area contributed by atoms with Gasteiger partial charge in [-0.15, -0.1) is 11.6 Å².